The Morgan fingerprint density at radius 2 is 1.11 bits per heavy atom. The SMILES string of the molecule is C=C(C)C(=O)OCCCc1cc(-c2ccc(OCCCCCCCC)c(F)c2)ccc1OCC(COC(=O)C(=C)C)(COC(=O)C(C)C(=O)OC)COC(=O)C(C)C(=O)OC. The Morgan fingerprint density at radius 1 is 0.607 bits per heavy atom. The zero-order chi connectivity index (χ0) is 45.5. The highest BCUT2D eigenvalue weighted by atomic mass is 19.1. The van der Waals surface area contributed by atoms with Gasteiger partial charge in [-0.1, -0.05) is 64.3 Å². The third-order valence-corrected chi connectivity index (χ3v) is 9.50. The van der Waals surface area contributed by atoms with Crippen molar-refractivity contribution < 1.29 is 71.1 Å². The van der Waals surface area contributed by atoms with Crippen molar-refractivity contribution in [3.8, 4) is 22.6 Å². The van der Waals surface area contributed by atoms with Crippen LogP contribution in [0.3, 0.4) is 0 Å². The lowest BCUT2D eigenvalue weighted by atomic mass is 9.91. The average Bonchev–Trinajstić information content (AvgIpc) is 3.25. The van der Waals surface area contributed by atoms with Crippen LogP contribution in [0.2, 0.25) is 0 Å². The summed E-state index contributed by atoms with van der Waals surface area (Å²) in [5.41, 5.74) is 0.406. The molecular formula is C46H61FO14. The van der Waals surface area contributed by atoms with Crippen LogP contribution in [0.1, 0.15) is 85.1 Å². The van der Waals surface area contributed by atoms with Gasteiger partial charge in [0, 0.05) is 11.1 Å². The highest BCUT2D eigenvalue weighted by Crippen LogP contribution is 2.32. The average molecular weight is 857 g/mol. The second-order valence-electron chi connectivity index (χ2n) is 15.0. The van der Waals surface area contributed by atoms with E-state index >= 15 is 4.39 Å². The minimum Gasteiger partial charge on any atom is -0.492 e. The Labute approximate surface area is 358 Å². The van der Waals surface area contributed by atoms with E-state index < -0.39 is 85.3 Å². The topological polar surface area (TPSA) is 176 Å². The maximum atomic E-state index is 15.3. The highest BCUT2D eigenvalue weighted by Gasteiger charge is 2.40. The first kappa shape index (κ1) is 51.4. The van der Waals surface area contributed by atoms with Crippen LogP contribution in [0.5, 0.6) is 11.5 Å². The van der Waals surface area contributed by atoms with Crippen LogP contribution in [0, 0.1) is 23.1 Å². The van der Waals surface area contributed by atoms with E-state index in [0.717, 1.165) is 46.3 Å². The fourth-order valence-electron chi connectivity index (χ4n) is 5.57. The third kappa shape index (κ3) is 17.4. The molecule has 0 heterocycles. The largest absolute Gasteiger partial charge is 0.492 e. The number of aryl methyl sites for hydroxylation is 1. The maximum Gasteiger partial charge on any atom is 0.333 e. The van der Waals surface area contributed by atoms with Gasteiger partial charge in [0.2, 0.25) is 0 Å². The summed E-state index contributed by atoms with van der Waals surface area (Å²) in [5.74, 6) is -7.86. The fourth-order valence-corrected chi connectivity index (χ4v) is 5.57. The Hall–Kier alpha value is -5.73. The molecule has 0 bridgehead atoms. The van der Waals surface area contributed by atoms with Gasteiger partial charge in [-0.15, -0.1) is 0 Å². The van der Waals surface area contributed by atoms with Crippen molar-refractivity contribution in [1.82, 2.24) is 0 Å². The van der Waals surface area contributed by atoms with E-state index in [1.54, 1.807) is 30.3 Å². The lowest BCUT2D eigenvalue weighted by Gasteiger charge is -2.33. The maximum absolute atomic E-state index is 15.3. The molecule has 2 unspecified atom stereocenters. The number of esters is 6. The molecular weight excluding hydrogens is 795 g/mol. The minimum absolute atomic E-state index is 0.0398. The molecule has 0 amide bonds. The molecule has 0 N–H and O–H groups in total. The molecule has 2 atom stereocenters. The molecule has 0 radical (unpaired) electrons. The van der Waals surface area contributed by atoms with Crippen LogP contribution in [0.4, 0.5) is 4.39 Å². The lowest BCUT2D eigenvalue weighted by Crippen LogP contribution is -2.45. The molecule has 61 heavy (non-hydrogen) atoms. The number of rotatable bonds is 28. The summed E-state index contributed by atoms with van der Waals surface area (Å²) in [6.07, 6.45) is 7.07. The Kier molecular flexibility index (Phi) is 22.3. The number of carbonyl (C=O) groups is 6. The Bertz CT molecular complexity index is 1800. The summed E-state index contributed by atoms with van der Waals surface area (Å²) in [6.45, 7) is 13.1. The van der Waals surface area contributed by atoms with Crippen LogP contribution in [0.15, 0.2) is 60.7 Å². The monoisotopic (exact) mass is 856 g/mol. The number of hydrogen-bond acceptors (Lipinski definition) is 14. The molecule has 0 saturated heterocycles. The first-order valence-electron chi connectivity index (χ1n) is 20.3. The summed E-state index contributed by atoms with van der Waals surface area (Å²) >= 11 is 0. The zero-order valence-electron chi connectivity index (χ0n) is 36.5. The molecule has 2 aromatic carbocycles. The summed E-state index contributed by atoms with van der Waals surface area (Å²) in [4.78, 5) is 74.9. The standard InChI is InChI=1S/C46H61FO14/c1-10-11-12-13-14-15-22-56-39-21-19-35(25-37(39)47)34-18-20-38(36(24-34)17-16-23-57-40(48)30(2)3)58-26-46(27-59-41(49)31(4)5,28-60-44(52)32(6)42(50)54-8)29-61-45(53)33(7)43(51)55-9/h18-21,24-25,32-33H,2,4,10-17,22-23,26-29H2,1,3,5-9H3. The lowest BCUT2D eigenvalue weighted by molar-refractivity contribution is -0.170. The van der Waals surface area contributed by atoms with Gasteiger partial charge in [0.1, 0.15) is 37.6 Å². The van der Waals surface area contributed by atoms with Crippen molar-refractivity contribution in [2.24, 2.45) is 17.3 Å². The van der Waals surface area contributed by atoms with E-state index in [9.17, 15) is 28.8 Å². The van der Waals surface area contributed by atoms with E-state index in [2.05, 4.69) is 29.6 Å². The van der Waals surface area contributed by atoms with E-state index in [1.165, 1.54) is 40.2 Å². The van der Waals surface area contributed by atoms with Crippen LogP contribution in [-0.4, -0.2) is 89.7 Å². The molecule has 0 aromatic heterocycles. The van der Waals surface area contributed by atoms with Gasteiger partial charge in [0.15, 0.2) is 23.4 Å². The van der Waals surface area contributed by atoms with Gasteiger partial charge < -0.3 is 37.9 Å². The van der Waals surface area contributed by atoms with E-state index in [1.807, 2.05) is 0 Å². The van der Waals surface area contributed by atoms with Gasteiger partial charge in [0.05, 0.1) is 27.4 Å². The van der Waals surface area contributed by atoms with Crippen molar-refractivity contribution >= 4 is 35.8 Å². The summed E-state index contributed by atoms with van der Waals surface area (Å²) in [6, 6.07) is 9.80. The molecule has 0 spiro atoms. The summed E-state index contributed by atoms with van der Waals surface area (Å²) in [5, 5.41) is 0. The predicted molar refractivity (Wildman–Crippen MR) is 223 cm³/mol. The van der Waals surface area contributed by atoms with Gasteiger partial charge in [-0.3, -0.25) is 19.2 Å². The quantitative estimate of drug-likeness (QED) is 0.0271. The Balaban J connectivity index is 2.53. The van der Waals surface area contributed by atoms with Crippen molar-refractivity contribution in [2.75, 3.05) is 53.9 Å². The molecule has 2 aromatic rings. The molecule has 0 saturated carbocycles. The number of carbonyl (C=O) groups excluding carboxylic acids is 6. The van der Waals surface area contributed by atoms with Crippen molar-refractivity contribution in [2.45, 2.75) is 86.0 Å². The predicted octanol–water partition coefficient (Wildman–Crippen LogP) is 7.47. The van der Waals surface area contributed by atoms with Crippen LogP contribution in [0.25, 0.3) is 11.1 Å². The first-order valence-corrected chi connectivity index (χ1v) is 20.3. The first-order chi connectivity index (χ1) is 29.0. The van der Waals surface area contributed by atoms with Gasteiger partial charge in [-0.25, -0.2) is 14.0 Å². The normalized spacial score (nSPS) is 12.7. The minimum atomic E-state index is -1.64. The van der Waals surface area contributed by atoms with E-state index in [-0.39, 0.29) is 29.3 Å². The summed E-state index contributed by atoms with van der Waals surface area (Å²) in [7, 11) is 2.21. The van der Waals surface area contributed by atoms with E-state index in [0.29, 0.717) is 36.1 Å². The highest BCUT2D eigenvalue weighted by molar-refractivity contribution is 5.95. The number of benzene rings is 2. The molecule has 2 rings (SSSR count). The molecule has 0 aliphatic carbocycles. The second-order valence-corrected chi connectivity index (χ2v) is 15.0. The van der Waals surface area contributed by atoms with E-state index in [4.69, 9.17) is 28.4 Å². The molecule has 0 aliphatic heterocycles. The molecule has 15 heteroatoms. The second kappa shape index (κ2) is 26.5. The van der Waals surface area contributed by atoms with Gasteiger partial charge in [0.25, 0.3) is 0 Å². The van der Waals surface area contributed by atoms with Crippen molar-refractivity contribution in [3.05, 3.63) is 72.1 Å². The number of hydrogen-bond donors (Lipinski definition) is 0. The summed E-state index contributed by atoms with van der Waals surface area (Å²) < 4.78 is 58.6. The zero-order valence-corrected chi connectivity index (χ0v) is 36.5. The number of ether oxygens (including phenoxy) is 8. The fraction of sp³-hybridized carbons (Fsp3) is 0.522. The van der Waals surface area contributed by atoms with Gasteiger partial charge >= 0.3 is 35.8 Å². The Morgan fingerprint density at radius 3 is 1.66 bits per heavy atom. The van der Waals surface area contributed by atoms with Gasteiger partial charge in [-0.05, 0) is 87.9 Å². The number of methoxy groups -OCH3 is 2. The molecule has 14 nitrogen and oxygen atoms in total. The van der Waals surface area contributed by atoms with Crippen LogP contribution >= 0.6 is 0 Å². The van der Waals surface area contributed by atoms with Crippen LogP contribution in [-0.2, 0) is 63.6 Å². The van der Waals surface area contributed by atoms with Crippen molar-refractivity contribution in [3.63, 3.8) is 0 Å². The molecule has 336 valence electrons. The number of halogens is 1. The smallest absolute Gasteiger partial charge is 0.333 e. The molecule has 0 fully saturated rings. The van der Waals surface area contributed by atoms with Gasteiger partial charge in [-0.2, -0.15) is 0 Å². The number of unbranched alkanes of at least 4 members (excludes halogenated alkanes) is 5. The third-order valence-electron chi connectivity index (χ3n) is 9.50. The molecule has 0 aliphatic rings. The van der Waals surface area contributed by atoms with Crippen LogP contribution < -0.4 is 9.47 Å². The van der Waals surface area contributed by atoms with Crippen molar-refractivity contribution in [1.29, 1.82) is 0 Å².